The molecule has 0 atom stereocenters. The number of rotatable bonds is 0. The summed E-state index contributed by atoms with van der Waals surface area (Å²) >= 11 is 0. The fourth-order valence-electron chi connectivity index (χ4n) is 1.14. The van der Waals surface area contributed by atoms with Crippen LogP contribution < -0.4 is 0 Å². The zero-order valence-electron chi connectivity index (χ0n) is 6.13. The largest absolute Gasteiger partial charge is 0.506 e. The number of aryl methyl sites for hydroxylation is 1. The average Bonchev–Trinajstić information content (AvgIpc) is 2.27. The summed E-state index contributed by atoms with van der Waals surface area (Å²) in [4.78, 5) is 7.06. The van der Waals surface area contributed by atoms with Crippen molar-refractivity contribution < 1.29 is 5.11 Å². The van der Waals surface area contributed by atoms with E-state index in [0.717, 1.165) is 16.7 Å². The molecule has 0 aliphatic heterocycles. The molecule has 2 rings (SSSR count). The molecule has 2 N–H and O–H groups in total. The van der Waals surface area contributed by atoms with Crippen LogP contribution in [-0.2, 0) is 0 Å². The first-order valence-electron chi connectivity index (χ1n) is 3.40. The molecule has 0 unspecified atom stereocenters. The second-order valence-electron chi connectivity index (χ2n) is 2.58. The lowest BCUT2D eigenvalue weighted by atomic mass is 10.3. The third kappa shape index (κ3) is 0.941. The molecule has 2 aromatic heterocycles. The van der Waals surface area contributed by atoms with Gasteiger partial charge in [-0.15, -0.1) is 0 Å². The molecule has 0 aromatic carbocycles. The van der Waals surface area contributed by atoms with Gasteiger partial charge in [0, 0.05) is 11.1 Å². The molecule has 3 heteroatoms. The summed E-state index contributed by atoms with van der Waals surface area (Å²) in [6.45, 7) is 1.96. The highest BCUT2D eigenvalue weighted by molar-refractivity contribution is 5.77. The fraction of sp³-hybridized carbons (Fsp3) is 0.125. The van der Waals surface area contributed by atoms with Crippen LogP contribution in [0.5, 0.6) is 5.75 Å². The first-order chi connectivity index (χ1) is 5.25. The summed E-state index contributed by atoms with van der Waals surface area (Å²) < 4.78 is 0. The Morgan fingerprint density at radius 2 is 2.27 bits per heavy atom. The fourth-order valence-corrected chi connectivity index (χ4v) is 1.14. The summed E-state index contributed by atoms with van der Waals surface area (Å²) in [7, 11) is 0. The Hall–Kier alpha value is -1.51. The molecule has 0 aliphatic carbocycles. The van der Waals surface area contributed by atoms with Crippen LogP contribution in [-0.4, -0.2) is 15.1 Å². The molecule has 0 fully saturated rings. The molecule has 3 nitrogen and oxygen atoms in total. The Bertz CT molecular complexity index is 392. The third-order valence-electron chi connectivity index (χ3n) is 1.59. The van der Waals surface area contributed by atoms with Gasteiger partial charge in [0.15, 0.2) is 0 Å². The maximum atomic E-state index is 9.06. The molecule has 0 spiro atoms. The number of hydrogen-bond acceptors (Lipinski definition) is 2. The van der Waals surface area contributed by atoms with Gasteiger partial charge in [0.25, 0.3) is 0 Å². The molecular formula is C8H8N2O. The lowest BCUT2D eigenvalue weighted by Gasteiger charge is -1.88. The number of aromatic hydroxyl groups is 1. The predicted molar refractivity (Wildman–Crippen MR) is 42.5 cm³/mol. The minimum Gasteiger partial charge on any atom is -0.506 e. The molecular weight excluding hydrogens is 140 g/mol. The minimum atomic E-state index is 0.205. The summed E-state index contributed by atoms with van der Waals surface area (Å²) in [6.07, 6.45) is 1.43. The van der Waals surface area contributed by atoms with Crippen molar-refractivity contribution in [2.24, 2.45) is 0 Å². The Kier molecular flexibility index (Phi) is 1.12. The van der Waals surface area contributed by atoms with Gasteiger partial charge in [-0.05, 0) is 19.1 Å². The van der Waals surface area contributed by atoms with Gasteiger partial charge >= 0.3 is 0 Å². The number of nitrogens with one attached hydrogen (secondary N) is 1. The zero-order valence-corrected chi connectivity index (χ0v) is 6.13. The van der Waals surface area contributed by atoms with E-state index in [2.05, 4.69) is 9.97 Å². The van der Waals surface area contributed by atoms with Gasteiger partial charge in [-0.3, -0.25) is 0 Å². The van der Waals surface area contributed by atoms with E-state index < -0.39 is 0 Å². The standard InChI is InChI=1S/C8H8N2O/c1-5-2-6-3-7(11)4-9-8(6)10-5/h2-4,11H,1H3,(H,9,10). The van der Waals surface area contributed by atoms with Crippen molar-refractivity contribution in [2.75, 3.05) is 0 Å². The third-order valence-corrected chi connectivity index (χ3v) is 1.59. The van der Waals surface area contributed by atoms with Crippen molar-refractivity contribution in [1.29, 1.82) is 0 Å². The van der Waals surface area contributed by atoms with Crippen molar-refractivity contribution >= 4 is 11.0 Å². The lowest BCUT2D eigenvalue weighted by molar-refractivity contribution is 0.474. The lowest BCUT2D eigenvalue weighted by Crippen LogP contribution is -1.74. The van der Waals surface area contributed by atoms with E-state index in [0.29, 0.717) is 0 Å². The van der Waals surface area contributed by atoms with Gasteiger partial charge in [-0.2, -0.15) is 0 Å². The van der Waals surface area contributed by atoms with Gasteiger partial charge in [-0.1, -0.05) is 0 Å². The molecule has 2 aromatic rings. The number of fused-ring (bicyclic) bond motifs is 1. The highest BCUT2D eigenvalue weighted by atomic mass is 16.3. The maximum absolute atomic E-state index is 9.06. The van der Waals surface area contributed by atoms with Crippen molar-refractivity contribution in [3.63, 3.8) is 0 Å². The van der Waals surface area contributed by atoms with Gasteiger partial charge in [0.1, 0.15) is 11.4 Å². The molecule has 0 saturated carbocycles. The normalized spacial score (nSPS) is 10.6. The topological polar surface area (TPSA) is 48.9 Å². The Morgan fingerprint density at radius 1 is 1.45 bits per heavy atom. The van der Waals surface area contributed by atoms with E-state index in [1.54, 1.807) is 6.07 Å². The smallest absolute Gasteiger partial charge is 0.137 e. The molecule has 0 radical (unpaired) electrons. The average molecular weight is 148 g/mol. The van der Waals surface area contributed by atoms with Crippen molar-refractivity contribution in [3.05, 3.63) is 24.0 Å². The van der Waals surface area contributed by atoms with Crippen molar-refractivity contribution in [2.45, 2.75) is 6.92 Å². The van der Waals surface area contributed by atoms with Crippen LogP contribution in [0.1, 0.15) is 5.69 Å². The Morgan fingerprint density at radius 3 is 3.09 bits per heavy atom. The van der Waals surface area contributed by atoms with E-state index in [9.17, 15) is 0 Å². The van der Waals surface area contributed by atoms with Crippen LogP contribution in [0, 0.1) is 6.92 Å². The van der Waals surface area contributed by atoms with Gasteiger partial charge in [0.05, 0.1) is 6.20 Å². The predicted octanol–water partition coefficient (Wildman–Crippen LogP) is 1.58. The first kappa shape index (κ1) is 6.22. The van der Waals surface area contributed by atoms with E-state index in [1.165, 1.54) is 6.20 Å². The van der Waals surface area contributed by atoms with Crippen LogP contribution in [0.4, 0.5) is 0 Å². The second-order valence-corrected chi connectivity index (χ2v) is 2.58. The summed E-state index contributed by atoms with van der Waals surface area (Å²) in [5.74, 6) is 0.205. The van der Waals surface area contributed by atoms with E-state index in [4.69, 9.17) is 5.11 Å². The number of aromatic amines is 1. The highest BCUT2D eigenvalue weighted by Crippen LogP contribution is 2.16. The first-order valence-corrected chi connectivity index (χ1v) is 3.40. The van der Waals surface area contributed by atoms with E-state index >= 15 is 0 Å². The SMILES string of the molecule is Cc1cc2cc(O)cnc2[nH]1. The van der Waals surface area contributed by atoms with Gasteiger partial charge in [0.2, 0.25) is 0 Å². The highest BCUT2D eigenvalue weighted by Gasteiger charge is 1.98. The molecule has 56 valence electrons. The van der Waals surface area contributed by atoms with E-state index in [-0.39, 0.29) is 5.75 Å². The Labute approximate surface area is 63.7 Å². The number of pyridine rings is 1. The number of hydrogen-bond donors (Lipinski definition) is 2. The Balaban J connectivity index is 2.82. The summed E-state index contributed by atoms with van der Waals surface area (Å²) in [5, 5.41) is 10.0. The van der Waals surface area contributed by atoms with Crippen LogP contribution >= 0.6 is 0 Å². The summed E-state index contributed by atoms with van der Waals surface area (Å²) in [6, 6.07) is 3.63. The second kappa shape index (κ2) is 1.99. The van der Waals surface area contributed by atoms with Crippen LogP contribution in [0.2, 0.25) is 0 Å². The number of nitrogens with zero attached hydrogens (tertiary/aromatic N) is 1. The number of H-pyrrole nitrogens is 1. The minimum absolute atomic E-state index is 0.205. The zero-order chi connectivity index (χ0) is 7.84. The van der Waals surface area contributed by atoms with Crippen molar-refractivity contribution in [1.82, 2.24) is 9.97 Å². The van der Waals surface area contributed by atoms with E-state index in [1.807, 2.05) is 13.0 Å². The quantitative estimate of drug-likeness (QED) is 0.595. The van der Waals surface area contributed by atoms with Crippen LogP contribution in [0.25, 0.3) is 11.0 Å². The van der Waals surface area contributed by atoms with Crippen molar-refractivity contribution in [3.8, 4) is 5.75 Å². The molecule has 0 saturated heterocycles. The molecule has 0 aliphatic rings. The monoisotopic (exact) mass is 148 g/mol. The van der Waals surface area contributed by atoms with Gasteiger partial charge < -0.3 is 10.1 Å². The van der Waals surface area contributed by atoms with Crippen LogP contribution in [0.15, 0.2) is 18.3 Å². The number of aromatic nitrogens is 2. The molecule has 2 heterocycles. The molecule has 11 heavy (non-hydrogen) atoms. The van der Waals surface area contributed by atoms with Gasteiger partial charge in [-0.25, -0.2) is 4.98 Å². The molecule has 0 bridgehead atoms. The molecule has 0 amide bonds. The van der Waals surface area contributed by atoms with Crippen LogP contribution in [0.3, 0.4) is 0 Å². The maximum Gasteiger partial charge on any atom is 0.137 e. The summed E-state index contributed by atoms with van der Waals surface area (Å²) in [5.41, 5.74) is 1.87.